The van der Waals surface area contributed by atoms with Gasteiger partial charge in [0.2, 0.25) is 10.0 Å². The summed E-state index contributed by atoms with van der Waals surface area (Å²) in [4.78, 5) is 11.8. The van der Waals surface area contributed by atoms with Crippen molar-refractivity contribution in [2.45, 2.75) is 32.1 Å². The number of hydrogen-bond acceptors (Lipinski definition) is 4. The summed E-state index contributed by atoms with van der Waals surface area (Å²) >= 11 is 6.92. The first-order chi connectivity index (χ1) is 8.96. The van der Waals surface area contributed by atoms with Gasteiger partial charge in [0, 0.05) is 5.38 Å². The lowest BCUT2D eigenvalue weighted by Crippen LogP contribution is -2.35. The Hall–Kier alpha value is -0.590. The van der Waals surface area contributed by atoms with E-state index in [0.29, 0.717) is 9.90 Å². The molecule has 19 heavy (non-hydrogen) atoms. The molecule has 1 amide bonds. The SMILES string of the molecule is O=C(NS(=O)(=O)CC1CCCCC1)c1csc(Cl)c1. The molecule has 1 aliphatic carbocycles. The topological polar surface area (TPSA) is 63.2 Å². The Morgan fingerprint density at radius 2 is 2.05 bits per heavy atom. The van der Waals surface area contributed by atoms with Crippen LogP contribution in [0, 0.1) is 5.92 Å². The van der Waals surface area contributed by atoms with Gasteiger partial charge in [-0.25, -0.2) is 13.1 Å². The molecule has 4 nitrogen and oxygen atoms in total. The minimum Gasteiger partial charge on any atom is -0.268 e. The predicted octanol–water partition coefficient (Wildman–Crippen LogP) is 3.04. The maximum Gasteiger partial charge on any atom is 0.265 e. The fourth-order valence-electron chi connectivity index (χ4n) is 2.34. The van der Waals surface area contributed by atoms with Gasteiger partial charge in [-0.15, -0.1) is 11.3 Å². The first-order valence-electron chi connectivity index (χ1n) is 6.25. The first-order valence-corrected chi connectivity index (χ1v) is 9.16. The molecule has 0 radical (unpaired) electrons. The van der Waals surface area contributed by atoms with E-state index in [1.165, 1.54) is 23.8 Å². The van der Waals surface area contributed by atoms with Crippen molar-refractivity contribution >= 4 is 38.9 Å². The van der Waals surface area contributed by atoms with Gasteiger partial charge >= 0.3 is 0 Å². The summed E-state index contributed by atoms with van der Waals surface area (Å²) in [7, 11) is -3.56. The van der Waals surface area contributed by atoms with Crippen LogP contribution in [-0.2, 0) is 10.0 Å². The van der Waals surface area contributed by atoms with Crippen LogP contribution in [0.2, 0.25) is 4.34 Å². The third-order valence-corrected chi connectivity index (χ3v) is 5.76. The second kappa shape index (κ2) is 6.24. The average molecular weight is 322 g/mol. The second-order valence-corrected chi connectivity index (χ2v) is 8.17. The van der Waals surface area contributed by atoms with E-state index in [1.54, 1.807) is 5.38 Å². The Labute approximate surface area is 122 Å². The highest BCUT2D eigenvalue weighted by Crippen LogP contribution is 2.25. The van der Waals surface area contributed by atoms with Crippen LogP contribution in [0.3, 0.4) is 0 Å². The zero-order valence-electron chi connectivity index (χ0n) is 10.4. The predicted molar refractivity (Wildman–Crippen MR) is 77.2 cm³/mol. The third kappa shape index (κ3) is 4.47. The van der Waals surface area contributed by atoms with Crippen molar-refractivity contribution in [2.75, 3.05) is 5.75 Å². The quantitative estimate of drug-likeness (QED) is 0.927. The molecule has 1 aromatic rings. The number of nitrogens with one attached hydrogen (secondary N) is 1. The molecule has 1 aromatic heterocycles. The van der Waals surface area contributed by atoms with Gasteiger partial charge in [0.25, 0.3) is 5.91 Å². The molecular weight excluding hydrogens is 306 g/mol. The molecule has 0 spiro atoms. The molecule has 1 saturated carbocycles. The summed E-state index contributed by atoms with van der Waals surface area (Å²) in [5.74, 6) is -0.388. The van der Waals surface area contributed by atoms with Crippen LogP contribution in [0.25, 0.3) is 0 Å². The number of sulfonamides is 1. The average Bonchev–Trinajstić information content (AvgIpc) is 2.76. The van der Waals surface area contributed by atoms with Crippen molar-refractivity contribution in [3.05, 3.63) is 21.3 Å². The molecular formula is C12H16ClNO3S2. The van der Waals surface area contributed by atoms with E-state index in [-0.39, 0.29) is 11.7 Å². The number of rotatable bonds is 4. The Morgan fingerprint density at radius 1 is 1.37 bits per heavy atom. The van der Waals surface area contributed by atoms with Gasteiger partial charge in [0.05, 0.1) is 15.7 Å². The van der Waals surface area contributed by atoms with E-state index in [4.69, 9.17) is 11.6 Å². The van der Waals surface area contributed by atoms with E-state index in [1.807, 2.05) is 0 Å². The second-order valence-electron chi connectivity index (χ2n) is 4.86. The smallest absolute Gasteiger partial charge is 0.265 e. The maximum atomic E-state index is 11.9. The lowest BCUT2D eigenvalue weighted by atomic mass is 9.91. The van der Waals surface area contributed by atoms with Crippen LogP contribution in [0.1, 0.15) is 42.5 Å². The normalized spacial score (nSPS) is 17.3. The molecule has 0 bridgehead atoms. The fraction of sp³-hybridized carbons (Fsp3) is 0.583. The van der Waals surface area contributed by atoms with Crippen molar-refractivity contribution in [1.29, 1.82) is 0 Å². The van der Waals surface area contributed by atoms with Crippen molar-refractivity contribution in [1.82, 2.24) is 4.72 Å². The lowest BCUT2D eigenvalue weighted by molar-refractivity contribution is 0.0981. The van der Waals surface area contributed by atoms with Crippen LogP contribution in [0.4, 0.5) is 0 Å². The van der Waals surface area contributed by atoms with Gasteiger partial charge in [0.1, 0.15) is 0 Å². The standard InChI is InChI=1S/C12H16ClNO3S2/c13-11-6-10(7-18-11)12(15)14-19(16,17)8-9-4-2-1-3-5-9/h6-7,9H,1-5,8H2,(H,14,15). The highest BCUT2D eigenvalue weighted by atomic mass is 35.5. The van der Waals surface area contributed by atoms with E-state index in [0.717, 1.165) is 25.7 Å². The van der Waals surface area contributed by atoms with Crippen molar-refractivity contribution in [3.63, 3.8) is 0 Å². The zero-order valence-corrected chi connectivity index (χ0v) is 12.8. The number of halogens is 1. The highest BCUT2D eigenvalue weighted by molar-refractivity contribution is 7.90. The Kier molecular flexibility index (Phi) is 4.86. The molecule has 106 valence electrons. The van der Waals surface area contributed by atoms with Crippen LogP contribution < -0.4 is 4.72 Å². The summed E-state index contributed by atoms with van der Waals surface area (Å²) < 4.78 is 26.4. The Morgan fingerprint density at radius 3 is 2.63 bits per heavy atom. The molecule has 0 atom stereocenters. The van der Waals surface area contributed by atoms with E-state index < -0.39 is 15.9 Å². The fourth-order valence-corrected chi connectivity index (χ4v) is 4.63. The van der Waals surface area contributed by atoms with E-state index in [2.05, 4.69) is 4.72 Å². The Balaban J connectivity index is 1.94. The summed E-state index contributed by atoms with van der Waals surface area (Å²) in [6.07, 6.45) is 5.19. The van der Waals surface area contributed by atoms with Crippen molar-refractivity contribution in [2.24, 2.45) is 5.92 Å². The van der Waals surface area contributed by atoms with Gasteiger partial charge < -0.3 is 0 Å². The summed E-state index contributed by atoms with van der Waals surface area (Å²) in [6.45, 7) is 0. The summed E-state index contributed by atoms with van der Waals surface area (Å²) in [5.41, 5.74) is 0.294. The molecule has 0 aromatic carbocycles. The molecule has 1 N–H and O–H groups in total. The molecule has 2 rings (SSSR count). The number of carbonyl (C=O) groups is 1. The summed E-state index contributed by atoms with van der Waals surface area (Å²) in [5, 5.41) is 1.55. The number of thiophene rings is 1. The maximum absolute atomic E-state index is 11.9. The molecule has 1 aliphatic rings. The largest absolute Gasteiger partial charge is 0.268 e. The number of carbonyl (C=O) groups excluding carboxylic acids is 1. The van der Waals surface area contributed by atoms with Gasteiger partial charge in [-0.2, -0.15) is 0 Å². The third-order valence-electron chi connectivity index (χ3n) is 3.26. The van der Waals surface area contributed by atoms with Gasteiger partial charge in [-0.1, -0.05) is 30.9 Å². The van der Waals surface area contributed by atoms with Crippen LogP contribution >= 0.6 is 22.9 Å². The van der Waals surface area contributed by atoms with Crippen LogP contribution in [0.5, 0.6) is 0 Å². The zero-order chi connectivity index (χ0) is 13.9. The van der Waals surface area contributed by atoms with Gasteiger partial charge in [0.15, 0.2) is 0 Å². The lowest BCUT2D eigenvalue weighted by Gasteiger charge is -2.21. The monoisotopic (exact) mass is 321 g/mol. The van der Waals surface area contributed by atoms with Crippen molar-refractivity contribution in [3.8, 4) is 0 Å². The molecule has 0 aliphatic heterocycles. The molecule has 1 fully saturated rings. The molecule has 1 heterocycles. The number of amides is 1. The minimum atomic E-state index is -3.56. The van der Waals surface area contributed by atoms with Gasteiger partial charge in [-0.05, 0) is 24.8 Å². The highest BCUT2D eigenvalue weighted by Gasteiger charge is 2.23. The molecule has 0 saturated heterocycles. The van der Waals surface area contributed by atoms with E-state index in [9.17, 15) is 13.2 Å². The van der Waals surface area contributed by atoms with Crippen molar-refractivity contribution < 1.29 is 13.2 Å². The van der Waals surface area contributed by atoms with Crippen LogP contribution in [0.15, 0.2) is 11.4 Å². The minimum absolute atomic E-state index is 0.0383. The van der Waals surface area contributed by atoms with E-state index >= 15 is 0 Å². The summed E-state index contributed by atoms with van der Waals surface area (Å²) in [6, 6.07) is 1.47. The van der Waals surface area contributed by atoms with Gasteiger partial charge in [-0.3, -0.25) is 4.79 Å². The number of hydrogen-bond donors (Lipinski definition) is 1. The first kappa shape index (κ1) is 14.8. The van der Waals surface area contributed by atoms with Crippen LogP contribution in [-0.4, -0.2) is 20.1 Å². The molecule has 0 unspecified atom stereocenters. The molecule has 7 heteroatoms. The Bertz CT molecular complexity index is 547.